The highest BCUT2D eigenvalue weighted by Gasteiger charge is 2.37. The minimum Gasteiger partial charge on any atom is -0.386 e. The van der Waals surface area contributed by atoms with E-state index in [0.29, 0.717) is 12.1 Å². The molecular formula is C10H10F4O. The molecule has 1 aromatic rings. The highest BCUT2D eigenvalue weighted by Crippen LogP contribution is 2.36. The zero-order valence-electron chi connectivity index (χ0n) is 8.19. The first-order valence-electron chi connectivity index (χ1n) is 4.22. The van der Waals surface area contributed by atoms with Gasteiger partial charge in [-0.3, -0.25) is 0 Å². The topological polar surface area (TPSA) is 20.2 Å². The van der Waals surface area contributed by atoms with Gasteiger partial charge in [0.2, 0.25) is 0 Å². The lowest BCUT2D eigenvalue weighted by Gasteiger charge is -2.22. The molecule has 0 fully saturated rings. The lowest BCUT2D eigenvalue weighted by molar-refractivity contribution is -0.140. The van der Waals surface area contributed by atoms with Crippen molar-refractivity contribution < 1.29 is 22.7 Å². The summed E-state index contributed by atoms with van der Waals surface area (Å²) in [6.45, 7) is 2.36. The molecule has 0 unspecified atom stereocenters. The average molecular weight is 222 g/mol. The molecule has 1 N–H and O–H groups in total. The Kier molecular flexibility index (Phi) is 2.78. The Morgan fingerprint density at radius 3 is 2.00 bits per heavy atom. The molecule has 0 aromatic heterocycles. The van der Waals surface area contributed by atoms with Crippen molar-refractivity contribution in [3.05, 3.63) is 35.1 Å². The van der Waals surface area contributed by atoms with Gasteiger partial charge in [0.25, 0.3) is 0 Å². The molecule has 0 saturated carbocycles. The smallest absolute Gasteiger partial charge is 0.386 e. The fraction of sp³-hybridized carbons (Fsp3) is 0.400. The van der Waals surface area contributed by atoms with Crippen LogP contribution < -0.4 is 0 Å². The first-order chi connectivity index (χ1) is 6.62. The van der Waals surface area contributed by atoms with Gasteiger partial charge in [0.15, 0.2) is 0 Å². The maximum absolute atomic E-state index is 12.8. The van der Waals surface area contributed by atoms with Crippen LogP contribution in [0, 0.1) is 5.82 Å². The van der Waals surface area contributed by atoms with E-state index in [4.69, 9.17) is 0 Å². The maximum Gasteiger partial charge on any atom is 0.416 e. The van der Waals surface area contributed by atoms with Gasteiger partial charge in [-0.1, -0.05) is 0 Å². The highest BCUT2D eigenvalue weighted by molar-refractivity contribution is 5.34. The summed E-state index contributed by atoms with van der Waals surface area (Å²) in [6.07, 6.45) is -4.59. The molecule has 84 valence electrons. The van der Waals surface area contributed by atoms with Crippen molar-refractivity contribution in [2.24, 2.45) is 0 Å². The van der Waals surface area contributed by atoms with Crippen molar-refractivity contribution in [1.29, 1.82) is 0 Å². The standard InChI is InChI=1S/C10H10F4O/c1-9(2,15)8-5-6(11)3-4-7(8)10(12,13)14/h3-5,15H,1-2H3. The molecule has 0 radical (unpaired) electrons. The lowest BCUT2D eigenvalue weighted by atomic mass is 9.93. The molecular weight excluding hydrogens is 212 g/mol. The van der Waals surface area contributed by atoms with Crippen molar-refractivity contribution in [3.8, 4) is 0 Å². The van der Waals surface area contributed by atoms with E-state index in [1.165, 1.54) is 13.8 Å². The first-order valence-corrected chi connectivity index (χ1v) is 4.22. The van der Waals surface area contributed by atoms with Crippen LogP contribution in [0.5, 0.6) is 0 Å². The monoisotopic (exact) mass is 222 g/mol. The van der Waals surface area contributed by atoms with E-state index in [0.717, 1.165) is 6.07 Å². The molecule has 5 heteroatoms. The first kappa shape index (κ1) is 12.0. The number of hydrogen-bond donors (Lipinski definition) is 1. The van der Waals surface area contributed by atoms with E-state index < -0.39 is 28.7 Å². The van der Waals surface area contributed by atoms with Crippen molar-refractivity contribution in [2.75, 3.05) is 0 Å². The third-order valence-corrected chi connectivity index (χ3v) is 1.95. The minimum absolute atomic E-state index is 0.463. The van der Waals surface area contributed by atoms with E-state index >= 15 is 0 Å². The third-order valence-electron chi connectivity index (χ3n) is 1.95. The van der Waals surface area contributed by atoms with E-state index in [2.05, 4.69) is 0 Å². The van der Waals surface area contributed by atoms with E-state index in [-0.39, 0.29) is 0 Å². The average Bonchev–Trinajstić information content (AvgIpc) is 2.00. The molecule has 0 aliphatic rings. The molecule has 0 atom stereocenters. The number of hydrogen-bond acceptors (Lipinski definition) is 1. The second kappa shape index (κ2) is 3.48. The molecule has 0 heterocycles. The van der Waals surface area contributed by atoms with Crippen LogP contribution in [0.2, 0.25) is 0 Å². The van der Waals surface area contributed by atoms with Crippen LogP contribution in [0.1, 0.15) is 25.0 Å². The molecule has 0 bridgehead atoms. The molecule has 1 aromatic carbocycles. The van der Waals surface area contributed by atoms with Crippen molar-refractivity contribution in [3.63, 3.8) is 0 Å². The predicted octanol–water partition coefficient (Wildman–Crippen LogP) is 3.07. The highest BCUT2D eigenvalue weighted by atomic mass is 19.4. The molecule has 15 heavy (non-hydrogen) atoms. The fourth-order valence-electron chi connectivity index (χ4n) is 1.27. The third kappa shape index (κ3) is 2.68. The molecule has 0 saturated heterocycles. The lowest BCUT2D eigenvalue weighted by Crippen LogP contribution is -2.22. The van der Waals surface area contributed by atoms with Gasteiger partial charge in [0, 0.05) is 0 Å². The number of benzene rings is 1. The Hall–Kier alpha value is -1.10. The molecule has 1 rings (SSSR count). The van der Waals surface area contributed by atoms with Gasteiger partial charge in [-0.05, 0) is 37.6 Å². The van der Waals surface area contributed by atoms with Gasteiger partial charge in [-0.15, -0.1) is 0 Å². The quantitative estimate of drug-likeness (QED) is 0.724. The summed E-state index contributed by atoms with van der Waals surface area (Å²) in [5.74, 6) is -0.805. The Morgan fingerprint density at radius 2 is 1.60 bits per heavy atom. The summed E-state index contributed by atoms with van der Waals surface area (Å²) in [5, 5.41) is 9.49. The molecule has 1 nitrogen and oxygen atoms in total. The molecule has 0 amide bonds. The van der Waals surface area contributed by atoms with Gasteiger partial charge in [-0.25, -0.2) is 4.39 Å². The summed E-state index contributed by atoms with van der Waals surface area (Å²) in [6, 6.07) is 2.05. The van der Waals surface area contributed by atoms with Gasteiger partial charge in [0.1, 0.15) is 5.82 Å². The Bertz CT molecular complexity index is 363. The fourth-order valence-corrected chi connectivity index (χ4v) is 1.27. The van der Waals surface area contributed by atoms with E-state index in [1.54, 1.807) is 0 Å². The Balaban J connectivity index is 3.41. The van der Waals surface area contributed by atoms with Crippen LogP contribution in [0.25, 0.3) is 0 Å². The van der Waals surface area contributed by atoms with Crippen LogP contribution >= 0.6 is 0 Å². The van der Waals surface area contributed by atoms with Crippen LogP contribution in [-0.4, -0.2) is 5.11 Å². The van der Waals surface area contributed by atoms with Crippen molar-refractivity contribution >= 4 is 0 Å². The second-order valence-electron chi connectivity index (χ2n) is 3.75. The summed E-state index contributed by atoms with van der Waals surface area (Å²) >= 11 is 0. The van der Waals surface area contributed by atoms with Gasteiger partial charge in [-0.2, -0.15) is 13.2 Å². The Labute approximate surface area is 84.3 Å². The molecule has 0 spiro atoms. The van der Waals surface area contributed by atoms with Crippen LogP contribution in [0.15, 0.2) is 18.2 Å². The van der Waals surface area contributed by atoms with Crippen molar-refractivity contribution in [1.82, 2.24) is 0 Å². The number of rotatable bonds is 1. The van der Waals surface area contributed by atoms with E-state index in [1.807, 2.05) is 0 Å². The Morgan fingerprint density at radius 1 is 1.07 bits per heavy atom. The van der Waals surface area contributed by atoms with Crippen LogP contribution in [-0.2, 0) is 11.8 Å². The summed E-state index contributed by atoms with van der Waals surface area (Å²) in [7, 11) is 0. The van der Waals surface area contributed by atoms with Crippen LogP contribution in [0.3, 0.4) is 0 Å². The summed E-state index contributed by atoms with van der Waals surface area (Å²) in [5.41, 5.74) is -3.21. The SMILES string of the molecule is CC(C)(O)c1cc(F)ccc1C(F)(F)F. The minimum atomic E-state index is -4.59. The normalized spacial score (nSPS) is 13.0. The molecule has 0 aliphatic heterocycles. The van der Waals surface area contributed by atoms with Crippen molar-refractivity contribution in [2.45, 2.75) is 25.6 Å². The zero-order valence-corrected chi connectivity index (χ0v) is 8.19. The predicted molar refractivity (Wildman–Crippen MR) is 46.6 cm³/mol. The number of aliphatic hydroxyl groups is 1. The second-order valence-corrected chi connectivity index (χ2v) is 3.75. The summed E-state index contributed by atoms with van der Waals surface area (Å²) < 4.78 is 50.2. The summed E-state index contributed by atoms with van der Waals surface area (Å²) in [4.78, 5) is 0. The molecule has 0 aliphatic carbocycles. The number of alkyl halides is 3. The largest absolute Gasteiger partial charge is 0.416 e. The van der Waals surface area contributed by atoms with Gasteiger partial charge < -0.3 is 5.11 Å². The van der Waals surface area contributed by atoms with Crippen LogP contribution in [0.4, 0.5) is 17.6 Å². The number of halogens is 4. The van der Waals surface area contributed by atoms with Gasteiger partial charge >= 0.3 is 6.18 Å². The van der Waals surface area contributed by atoms with Gasteiger partial charge in [0.05, 0.1) is 11.2 Å². The zero-order chi connectivity index (χ0) is 11.9. The maximum atomic E-state index is 12.8. The van der Waals surface area contributed by atoms with E-state index in [9.17, 15) is 22.7 Å².